The Morgan fingerprint density at radius 2 is 2.17 bits per heavy atom. The Hall–Kier alpha value is -1.93. The Labute approximate surface area is 68.9 Å². The van der Waals surface area contributed by atoms with Crippen molar-refractivity contribution in [3.8, 4) is 5.75 Å². The van der Waals surface area contributed by atoms with Crippen LogP contribution in [0.5, 0.6) is 5.75 Å². The van der Waals surface area contributed by atoms with E-state index in [1.54, 1.807) is 18.2 Å². The average Bonchev–Trinajstić information content (AvgIpc) is 2.09. The smallest absolute Gasteiger partial charge is 0.260 e. The highest BCUT2D eigenvalue weighted by Crippen LogP contribution is 2.12. The number of para-hydroxylation sites is 1. The molecule has 0 aliphatic heterocycles. The Bertz CT molecular complexity index is 341. The fourth-order valence-electron chi connectivity index (χ4n) is 0.711. The van der Waals surface area contributed by atoms with E-state index in [4.69, 9.17) is 0 Å². The van der Waals surface area contributed by atoms with E-state index in [1.807, 2.05) is 0 Å². The second-order valence-corrected chi connectivity index (χ2v) is 1.99. The van der Waals surface area contributed by atoms with Crippen molar-refractivity contribution in [3.63, 3.8) is 0 Å². The summed E-state index contributed by atoms with van der Waals surface area (Å²) in [7, 11) is 0. The van der Waals surface area contributed by atoms with Crippen LogP contribution < -0.4 is 0 Å². The average molecular weight is 162 g/mol. The summed E-state index contributed by atoms with van der Waals surface area (Å²) in [5.41, 5.74) is 0.511. The van der Waals surface area contributed by atoms with E-state index >= 15 is 0 Å². The molecule has 0 unspecified atom stereocenters. The highest BCUT2D eigenvalue weighted by atomic mass is 16.3. The lowest BCUT2D eigenvalue weighted by atomic mass is 10.2. The number of aromatic hydroxyl groups is 1. The zero-order chi connectivity index (χ0) is 8.81. The van der Waals surface area contributed by atoms with Gasteiger partial charge in [-0.05, 0) is 12.1 Å². The molecular formula is C8H6N2O2. The van der Waals surface area contributed by atoms with Gasteiger partial charge in [-0.25, -0.2) is 4.79 Å². The summed E-state index contributed by atoms with van der Waals surface area (Å²) < 4.78 is 0. The molecule has 1 N–H and O–H groups in total. The van der Waals surface area contributed by atoms with Crippen molar-refractivity contribution in [2.45, 2.75) is 0 Å². The number of phenolic OH excluding ortho intramolecular Hbond substituents is 1. The molecule has 0 atom stereocenters. The third kappa shape index (κ3) is 2.04. The minimum Gasteiger partial charge on any atom is -0.507 e. The van der Waals surface area contributed by atoms with Gasteiger partial charge in [0, 0.05) is 5.56 Å². The maximum atomic E-state index is 9.61. The molecule has 0 aromatic heterocycles. The second kappa shape index (κ2) is 4.05. The lowest BCUT2D eigenvalue weighted by Crippen LogP contribution is -1.79. The summed E-state index contributed by atoms with van der Waals surface area (Å²) in [4.78, 5) is 9.61. The summed E-state index contributed by atoms with van der Waals surface area (Å²) in [5.74, 6) is 0.0994. The highest BCUT2D eigenvalue weighted by molar-refractivity contribution is 5.83. The molecule has 60 valence electrons. The normalized spacial score (nSPS) is 9.67. The van der Waals surface area contributed by atoms with Gasteiger partial charge in [-0.3, -0.25) is 0 Å². The predicted octanol–water partition coefficient (Wildman–Crippen LogP) is 1.06. The molecule has 4 nitrogen and oxygen atoms in total. The lowest BCUT2D eigenvalue weighted by Gasteiger charge is -1.93. The second-order valence-electron chi connectivity index (χ2n) is 1.99. The molecule has 0 aliphatic rings. The van der Waals surface area contributed by atoms with E-state index in [0.717, 1.165) is 0 Å². The van der Waals surface area contributed by atoms with Gasteiger partial charge in [0.2, 0.25) is 0 Å². The van der Waals surface area contributed by atoms with E-state index in [-0.39, 0.29) is 5.75 Å². The first kappa shape index (κ1) is 8.17. The van der Waals surface area contributed by atoms with Crippen LogP contribution in [0.4, 0.5) is 0 Å². The van der Waals surface area contributed by atoms with Crippen LogP contribution in [-0.4, -0.2) is 17.4 Å². The van der Waals surface area contributed by atoms with Gasteiger partial charge < -0.3 is 5.11 Å². The first-order valence-corrected chi connectivity index (χ1v) is 3.23. The molecule has 0 aliphatic carbocycles. The summed E-state index contributed by atoms with van der Waals surface area (Å²) in [6, 6.07) is 6.60. The van der Waals surface area contributed by atoms with Crippen LogP contribution in [0, 0.1) is 0 Å². The van der Waals surface area contributed by atoms with E-state index in [2.05, 4.69) is 10.2 Å². The molecule has 0 spiro atoms. The Morgan fingerprint density at radius 1 is 1.42 bits per heavy atom. The van der Waals surface area contributed by atoms with Crippen molar-refractivity contribution in [1.29, 1.82) is 0 Å². The Morgan fingerprint density at radius 3 is 2.83 bits per heavy atom. The van der Waals surface area contributed by atoms with Crippen molar-refractivity contribution in [3.05, 3.63) is 29.8 Å². The Balaban J connectivity index is 2.89. The van der Waals surface area contributed by atoms with Crippen LogP contribution in [0.3, 0.4) is 0 Å². The molecule has 4 heteroatoms. The standard InChI is InChI=1S/C8H6N2O2/c11-6-10-9-5-7-3-1-2-4-8(7)12/h1-5,12H. The summed E-state index contributed by atoms with van der Waals surface area (Å²) in [5, 5.41) is 15.5. The van der Waals surface area contributed by atoms with Crippen molar-refractivity contribution < 1.29 is 9.90 Å². The zero-order valence-electron chi connectivity index (χ0n) is 6.14. The first-order valence-electron chi connectivity index (χ1n) is 3.23. The van der Waals surface area contributed by atoms with Crippen molar-refractivity contribution in [2.24, 2.45) is 10.2 Å². The SMILES string of the molecule is O=C=NN=Cc1ccccc1O. The number of carbonyl (C=O) groups excluding carboxylic acids is 1. The molecule has 12 heavy (non-hydrogen) atoms. The number of nitrogens with zero attached hydrogens (tertiary/aromatic N) is 2. The van der Waals surface area contributed by atoms with E-state index < -0.39 is 0 Å². The largest absolute Gasteiger partial charge is 0.507 e. The maximum absolute atomic E-state index is 9.61. The minimum absolute atomic E-state index is 0.0994. The van der Waals surface area contributed by atoms with Crippen LogP contribution in [0.15, 0.2) is 34.5 Å². The molecule has 1 aromatic rings. The summed E-state index contributed by atoms with van der Waals surface area (Å²) in [6.07, 6.45) is 2.53. The highest BCUT2D eigenvalue weighted by Gasteiger charge is 1.92. The van der Waals surface area contributed by atoms with Gasteiger partial charge in [-0.15, -0.1) is 5.10 Å². The van der Waals surface area contributed by atoms with Crippen molar-refractivity contribution in [1.82, 2.24) is 0 Å². The van der Waals surface area contributed by atoms with Gasteiger partial charge in [0.15, 0.2) is 0 Å². The quantitative estimate of drug-likeness (QED) is 0.401. The maximum Gasteiger partial charge on any atom is 0.260 e. The van der Waals surface area contributed by atoms with Gasteiger partial charge in [0.25, 0.3) is 6.08 Å². The predicted molar refractivity (Wildman–Crippen MR) is 43.8 cm³/mol. The monoisotopic (exact) mass is 162 g/mol. The molecule has 1 aromatic carbocycles. The molecule has 0 fully saturated rings. The molecule has 0 bridgehead atoms. The minimum atomic E-state index is 0.0994. The number of hydrogen-bond acceptors (Lipinski definition) is 4. The molecule has 0 saturated heterocycles. The topological polar surface area (TPSA) is 62.0 Å². The van der Waals surface area contributed by atoms with Crippen molar-refractivity contribution in [2.75, 3.05) is 0 Å². The van der Waals surface area contributed by atoms with E-state index in [0.29, 0.717) is 5.56 Å². The molecule has 0 heterocycles. The van der Waals surface area contributed by atoms with Crippen molar-refractivity contribution >= 4 is 12.3 Å². The van der Waals surface area contributed by atoms with Crippen LogP contribution >= 0.6 is 0 Å². The fourth-order valence-corrected chi connectivity index (χ4v) is 0.711. The van der Waals surface area contributed by atoms with Gasteiger partial charge in [0.05, 0.1) is 6.21 Å². The summed E-state index contributed by atoms with van der Waals surface area (Å²) in [6.45, 7) is 0. The Kier molecular flexibility index (Phi) is 2.76. The number of phenols is 1. The zero-order valence-corrected chi connectivity index (χ0v) is 6.14. The molecule has 0 radical (unpaired) electrons. The van der Waals surface area contributed by atoms with Crippen LogP contribution in [0.1, 0.15) is 5.56 Å². The molecule has 0 amide bonds. The number of rotatable bonds is 2. The molecule has 1 rings (SSSR count). The van der Waals surface area contributed by atoms with Gasteiger partial charge in [0.1, 0.15) is 5.75 Å². The van der Waals surface area contributed by atoms with Gasteiger partial charge in [-0.1, -0.05) is 17.2 Å². The molecular weight excluding hydrogens is 156 g/mol. The van der Waals surface area contributed by atoms with E-state index in [9.17, 15) is 9.90 Å². The van der Waals surface area contributed by atoms with Crippen LogP contribution in [-0.2, 0) is 4.79 Å². The molecule has 0 saturated carbocycles. The third-order valence-corrected chi connectivity index (χ3v) is 1.23. The third-order valence-electron chi connectivity index (χ3n) is 1.23. The number of hydrogen-bond donors (Lipinski definition) is 1. The number of benzene rings is 1. The van der Waals surface area contributed by atoms with E-state index in [1.165, 1.54) is 18.4 Å². The van der Waals surface area contributed by atoms with Gasteiger partial charge >= 0.3 is 0 Å². The van der Waals surface area contributed by atoms with Crippen LogP contribution in [0.25, 0.3) is 0 Å². The summed E-state index contributed by atoms with van der Waals surface area (Å²) >= 11 is 0. The fraction of sp³-hybridized carbons (Fsp3) is 0. The number of isocyanates is 1. The van der Waals surface area contributed by atoms with Gasteiger partial charge in [-0.2, -0.15) is 0 Å². The first-order chi connectivity index (χ1) is 5.84. The van der Waals surface area contributed by atoms with Crippen LogP contribution in [0.2, 0.25) is 0 Å². The lowest BCUT2D eigenvalue weighted by molar-refractivity contribution is 0.474.